The minimum Gasteiger partial charge on any atom is -0.490 e. The third-order valence-electron chi connectivity index (χ3n) is 3.47. The van der Waals surface area contributed by atoms with Gasteiger partial charge in [0.15, 0.2) is 5.11 Å². The summed E-state index contributed by atoms with van der Waals surface area (Å²) in [5.41, 5.74) is 1.80. The first-order valence-electron chi connectivity index (χ1n) is 8.67. The molecular weight excluding hydrogens is 362 g/mol. The molecule has 0 heterocycles. The van der Waals surface area contributed by atoms with Crippen molar-refractivity contribution in [3.63, 3.8) is 0 Å². The third kappa shape index (κ3) is 6.38. The van der Waals surface area contributed by atoms with Gasteiger partial charge in [0.25, 0.3) is 5.91 Å². The van der Waals surface area contributed by atoms with Crippen LogP contribution in [-0.4, -0.2) is 23.0 Å². The number of ether oxygens (including phenoxy) is 1. The standard InChI is InChI=1S/C20H23N3O3S/c1-4-18(24)21-14-9-11-15(12-10-14)22-20(27)23-19(25)16-7-5-6-8-17(16)26-13(2)3/h5-13H,4H2,1-3H3,(H,21,24)(H2,22,23,25,27). The number of thiocarbonyl (C=S) groups is 1. The molecule has 0 saturated heterocycles. The number of hydrogen-bond donors (Lipinski definition) is 3. The number of nitrogens with one attached hydrogen (secondary N) is 3. The average Bonchev–Trinajstić information content (AvgIpc) is 2.63. The van der Waals surface area contributed by atoms with Gasteiger partial charge < -0.3 is 15.4 Å². The van der Waals surface area contributed by atoms with Gasteiger partial charge in [-0.3, -0.25) is 14.9 Å². The van der Waals surface area contributed by atoms with Crippen molar-refractivity contribution in [3.8, 4) is 5.75 Å². The van der Waals surface area contributed by atoms with Crippen molar-refractivity contribution in [1.82, 2.24) is 5.32 Å². The summed E-state index contributed by atoms with van der Waals surface area (Å²) in [7, 11) is 0. The molecule has 0 spiro atoms. The Bertz CT molecular complexity index is 819. The third-order valence-corrected chi connectivity index (χ3v) is 3.67. The Balaban J connectivity index is 1.97. The smallest absolute Gasteiger partial charge is 0.261 e. The summed E-state index contributed by atoms with van der Waals surface area (Å²) in [6, 6.07) is 14.0. The topological polar surface area (TPSA) is 79.5 Å². The zero-order valence-corrected chi connectivity index (χ0v) is 16.4. The summed E-state index contributed by atoms with van der Waals surface area (Å²) >= 11 is 5.21. The van der Waals surface area contributed by atoms with Crippen LogP contribution in [0.3, 0.4) is 0 Å². The molecule has 2 amide bonds. The lowest BCUT2D eigenvalue weighted by atomic mass is 10.2. The van der Waals surface area contributed by atoms with E-state index in [1.807, 2.05) is 19.9 Å². The SMILES string of the molecule is CCC(=O)Nc1ccc(NC(=S)NC(=O)c2ccccc2OC(C)C)cc1. The van der Waals surface area contributed by atoms with E-state index in [1.54, 1.807) is 49.4 Å². The van der Waals surface area contributed by atoms with Gasteiger partial charge in [-0.2, -0.15) is 0 Å². The Hall–Kier alpha value is -2.93. The van der Waals surface area contributed by atoms with Gasteiger partial charge in [-0.05, 0) is 62.5 Å². The molecule has 0 aliphatic heterocycles. The van der Waals surface area contributed by atoms with E-state index in [1.165, 1.54) is 0 Å². The largest absolute Gasteiger partial charge is 0.490 e. The Labute approximate surface area is 164 Å². The number of rotatable bonds is 6. The highest BCUT2D eigenvalue weighted by Gasteiger charge is 2.14. The highest BCUT2D eigenvalue weighted by molar-refractivity contribution is 7.80. The van der Waals surface area contributed by atoms with Gasteiger partial charge in [0.1, 0.15) is 5.75 Å². The fourth-order valence-corrected chi connectivity index (χ4v) is 2.44. The Kier molecular flexibility index (Phi) is 7.31. The Morgan fingerprint density at radius 1 is 1.00 bits per heavy atom. The summed E-state index contributed by atoms with van der Waals surface area (Å²) < 4.78 is 5.66. The maximum atomic E-state index is 12.5. The molecule has 6 nitrogen and oxygen atoms in total. The van der Waals surface area contributed by atoms with Gasteiger partial charge in [0, 0.05) is 17.8 Å². The quantitative estimate of drug-likeness (QED) is 0.656. The van der Waals surface area contributed by atoms with Gasteiger partial charge in [0.05, 0.1) is 11.7 Å². The lowest BCUT2D eigenvalue weighted by molar-refractivity contribution is -0.115. The molecule has 27 heavy (non-hydrogen) atoms. The molecule has 2 aromatic rings. The molecule has 2 rings (SSSR count). The maximum absolute atomic E-state index is 12.5. The van der Waals surface area contributed by atoms with Crippen LogP contribution in [0.2, 0.25) is 0 Å². The average molecular weight is 385 g/mol. The number of para-hydroxylation sites is 1. The minimum atomic E-state index is -0.351. The van der Waals surface area contributed by atoms with E-state index in [-0.39, 0.29) is 23.0 Å². The predicted octanol–water partition coefficient (Wildman–Crippen LogP) is 3.95. The monoisotopic (exact) mass is 385 g/mol. The van der Waals surface area contributed by atoms with Crippen molar-refractivity contribution in [2.24, 2.45) is 0 Å². The van der Waals surface area contributed by atoms with Crippen LogP contribution in [0, 0.1) is 0 Å². The number of anilines is 2. The zero-order valence-electron chi connectivity index (χ0n) is 15.5. The number of hydrogen-bond acceptors (Lipinski definition) is 4. The van der Waals surface area contributed by atoms with Crippen LogP contribution >= 0.6 is 12.2 Å². The normalized spacial score (nSPS) is 10.2. The molecule has 0 aliphatic rings. The van der Waals surface area contributed by atoms with E-state index >= 15 is 0 Å². The van der Waals surface area contributed by atoms with Gasteiger partial charge in [-0.1, -0.05) is 19.1 Å². The number of carbonyl (C=O) groups is 2. The van der Waals surface area contributed by atoms with E-state index in [9.17, 15) is 9.59 Å². The Morgan fingerprint density at radius 2 is 1.59 bits per heavy atom. The molecule has 0 radical (unpaired) electrons. The van der Waals surface area contributed by atoms with Crippen LogP contribution < -0.4 is 20.7 Å². The lowest BCUT2D eigenvalue weighted by Gasteiger charge is -2.15. The van der Waals surface area contributed by atoms with Crippen LogP contribution in [0.4, 0.5) is 11.4 Å². The maximum Gasteiger partial charge on any atom is 0.261 e. The van der Waals surface area contributed by atoms with Gasteiger partial charge >= 0.3 is 0 Å². The zero-order chi connectivity index (χ0) is 19.8. The second-order valence-electron chi connectivity index (χ2n) is 6.05. The van der Waals surface area contributed by atoms with Crippen molar-refractivity contribution in [2.45, 2.75) is 33.3 Å². The van der Waals surface area contributed by atoms with Crippen LogP contribution in [0.1, 0.15) is 37.6 Å². The van der Waals surface area contributed by atoms with Crippen molar-refractivity contribution in [3.05, 3.63) is 54.1 Å². The number of amides is 2. The summed E-state index contributed by atoms with van der Waals surface area (Å²) in [5, 5.41) is 8.52. The van der Waals surface area contributed by atoms with E-state index < -0.39 is 0 Å². The van der Waals surface area contributed by atoms with E-state index in [0.717, 1.165) is 0 Å². The molecule has 0 fully saturated rings. The number of benzene rings is 2. The molecule has 0 atom stereocenters. The summed E-state index contributed by atoms with van der Waals surface area (Å²) in [6.45, 7) is 5.58. The van der Waals surface area contributed by atoms with E-state index in [0.29, 0.717) is 29.1 Å². The van der Waals surface area contributed by atoms with Gasteiger partial charge in [-0.25, -0.2) is 0 Å². The summed E-state index contributed by atoms with van der Waals surface area (Å²) in [5.74, 6) is 0.0974. The highest BCUT2D eigenvalue weighted by Crippen LogP contribution is 2.19. The molecule has 142 valence electrons. The fourth-order valence-electron chi connectivity index (χ4n) is 2.23. The predicted molar refractivity (Wildman–Crippen MR) is 111 cm³/mol. The first kappa shape index (κ1) is 20.4. The lowest BCUT2D eigenvalue weighted by Crippen LogP contribution is -2.34. The molecule has 3 N–H and O–H groups in total. The van der Waals surface area contributed by atoms with Crippen molar-refractivity contribution >= 4 is 40.5 Å². The van der Waals surface area contributed by atoms with E-state index in [4.69, 9.17) is 17.0 Å². The molecule has 2 aromatic carbocycles. The molecule has 0 aromatic heterocycles. The summed E-state index contributed by atoms with van der Waals surface area (Å²) in [4.78, 5) is 23.9. The van der Waals surface area contributed by atoms with Crippen molar-refractivity contribution in [2.75, 3.05) is 10.6 Å². The van der Waals surface area contributed by atoms with E-state index in [2.05, 4.69) is 16.0 Å². The van der Waals surface area contributed by atoms with Crippen LogP contribution in [0.15, 0.2) is 48.5 Å². The van der Waals surface area contributed by atoms with Gasteiger partial charge in [-0.15, -0.1) is 0 Å². The molecular formula is C20H23N3O3S. The molecule has 0 unspecified atom stereocenters. The fraction of sp³-hybridized carbons (Fsp3) is 0.250. The Morgan fingerprint density at radius 3 is 2.19 bits per heavy atom. The first-order valence-corrected chi connectivity index (χ1v) is 9.07. The number of carbonyl (C=O) groups excluding carboxylic acids is 2. The minimum absolute atomic E-state index is 0.0456. The van der Waals surface area contributed by atoms with Crippen LogP contribution in [0.25, 0.3) is 0 Å². The second kappa shape index (κ2) is 9.68. The van der Waals surface area contributed by atoms with Gasteiger partial charge in [0.2, 0.25) is 5.91 Å². The van der Waals surface area contributed by atoms with Crippen molar-refractivity contribution < 1.29 is 14.3 Å². The molecule has 7 heteroatoms. The molecule has 0 bridgehead atoms. The van der Waals surface area contributed by atoms with Crippen molar-refractivity contribution in [1.29, 1.82) is 0 Å². The molecule has 0 saturated carbocycles. The molecule has 0 aliphatic carbocycles. The summed E-state index contributed by atoms with van der Waals surface area (Å²) in [6.07, 6.45) is 0.369. The van der Waals surface area contributed by atoms with Crippen LogP contribution in [-0.2, 0) is 4.79 Å². The first-order chi connectivity index (χ1) is 12.9. The second-order valence-corrected chi connectivity index (χ2v) is 6.46. The van der Waals surface area contributed by atoms with Crippen LogP contribution in [0.5, 0.6) is 5.75 Å². The highest BCUT2D eigenvalue weighted by atomic mass is 32.1.